The Morgan fingerprint density at radius 1 is 1.14 bits per heavy atom. The summed E-state index contributed by atoms with van der Waals surface area (Å²) in [5, 5.41) is 13.9. The summed E-state index contributed by atoms with van der Waals surface area (Å²) in [6.07, 6.45) is 1.29. The van der Waals surface area contributed by atoms with E-state index in [-0.39, 0.29) is 10.8 Å². The number of piperidine rings is 1. The van der Waals surface area contributed by atoms with E-state index in [2.05, 4.69) is 14.7 Å². The highest BCUT2D eigenvalue weighted by Gasteiger charge is 2.35. The smallest absolute Gasteiger partial charge is 0.264 e. The summed E-state index contributed by atoms with van der Waals surface area (Å²) in [4.78, 5) is 23.2. The molecule has 182 valence electrons. The van der Waals surface area contributed by atoms with Gasteiger partial charge in [-0.3, -0.25) is 9.52 Å². The van der Waals surface area contributed by atoms with Crippen LogP contribution in [0.25, 0.3) is 10.2 Å². The van der Waals surface area contributed by atoms with Crippen LogP contribution in [0.1, 0.15) is 28.2 Å². The molecule has 0 saturated carbocycles. The molecule has 0 spiro atoms. The SMILES string of the molecule is O=C(c1ccc(NS(=O)(=O)c2cccc3scnc23)cc1)N1CCC(O)(Cc2nc(Cl)cs2)CC1. The first kappa shape index (κ1) is 24.1. The summed E-state index contributed by atoms with van der Waals surface area (Å²) < 4.78 is 29.2. The Morgan fingerprint density at radius 3 is 2.57 bits per heavy atom. The van der Waals surface area contributed by atoms with Crippen molar-refractivity contribution in [3.8, 4) is 0 Å². The van der Waals surface area contributed by atoms with Crippen LogP contribution in [0, 0.1) is 0 Å². The molecule has 8 nitrogen and oxygen atoms in total. The Hall–Kier alpha value is -2.57. The molecule has 3 heterocycles. The van der Waals surface area contributed by atoms with E-state index >= 15 is 0 Å². The Kier molecular flexibility index (Phi) is 6.53. The highest BCUT2D eigenvalue weighted by molar-refractivity contribution is 7.93. The number of halogens is 1. The lowest BCUT2D eigenvalue weighted by molar-refractivity contribution is -0.0162. The van der Waals surface area contributed by atoms with Gasteiger partial charge in [-0.2, -0.15) is 0 Å². The van der Waals surface area contributed by atoms with Crippen LogP contribution in [-0.4, -0.2) is 53.0 Å². The molecule has 1 aliphatic heterocycles. The van der Waals surface area contributed by atoms with E-state index in [1.807, 2.05) is 6.07 Å². The van der Waals surface area contributed by atoms with Gasteiger partial charge in [-0.05, 0) is 49.2 Å². The quantitative estimate of drug-likeness (QED) is 0.369. The molecular weight excluding hydrogens is 528 g/mol. The average Bonchev–Trinajstić information content (AvgIpc) is 3.47. The normalized spacial score (nSPS) is 15.9. The topological polar surface area (TPSA) is 112 Å². The van der Waals surface area contributed by atoms with Crippen LogP contribution in [0.3, 0.4) is 0 Å². The Bertz CT molecular complexity index is 1480. The summed E-state index contributed by atoms with van der Waals surface area (Å²) >= 11 is 8.67. The number of fused-ring (bicyclic) bond motifs is 1. The second-order valence-electron chi connectivity index (χ2n) is 8.40. The largest absolute Gasteiger partial charge is 0.389 e. The molecular formula is C23H21ClN4O4S3. The maximum atomic E-state index is 13.0. The highest BCUT2D eigenvalue weighted by Crippen LogP contribution is 2.30. The van der Waals surface area contributed by atoms with Gasteiger partial charge in [0.05, 0.1) is 20.8 Å². The van der Waals surface area contributed by atoms with E-state index in [0.717, 1.165) is 9.71 Å². The van der Waals surface area contributed by atoms with Crippen molar-refractivity contribution in [1.29, 1.82) is 0 Å². The molecule has 0 aliphatic carbocycles. The molecule has 2 aromatic carbocycles. The van der Waals surface area contributed by atoms with Crippen molar-refractivity contribution >= 4 is 66.1 Å². The Labute approximate surface area is 215 Å². The molecule has 0 bridgehead atoms. The number of hydrogen-bond acceptors (Lipinski definition) is 8. The fourth-order valence-corrected chi connectivity index (χ4v) is 7.18. The summed E-state index contributed by atoms with van der Waals surface area (Å²) in [6.45, 7) is 0.834. The van der Waals surface area contributed by atoms with Crippen LogP contribution in [0.5, 0.6) is 0 Å². The first-order valence-corrected chi connectivity index (χ1v) is 14.4. The molecule has 2 aromatic heterocycles. The lowest BCUT2D eigenvalue weighted by atomic mass is 9.88. The van der Waals surface area contributed by atoms with Gasteiger partial charge in [-0.1, -0.05) is 17.7 Å². The molecule has 4 aromatic rings. The number of thiazole rings is 2. The molecule has 5 rings (SSSR count). The van der Waals surface area contributed by atoms with Crippen LogP contribution in [-0.2, 0) is 16.4 Å². The van der Waals surface area contributed by atoms with Gasteiger partial charge in [0.15, 0.2) is 0 Å². The van der Waals surface area contributed by atoms with E-state index < -0.39 is 15.6 Å². The van der Waals surface area contributed by atoms with Crippen molar-refractivity contribution in [3.63, 3.8) is 0 Å². The number of carbonyl (C=O) groups is 1. The number of para-hydroxylation sites is 1. The monoisotopic (exact) mass is 548 g/mol. The van der Waals surface area contributed by atoms with E-state index in [0.29, 0.717) is 54.3 Å². The van der Waals surface area contributed by atoms with Crippen molar-refractivity contribution in [2.24, 2.45) is 0 Å². The van der Waals surface area contributed by atoms with Crippen molar-refractivity contribution < 1.29 is 18.3 Å². The molecule has 1 amide bonds. The summed E-state index contributed by atoms with van der Waals surface area (Å²) in [5.41, 5.74) is 1.93. The van der Waals surface area contributed by atoms with Crippen molar-refractivity contribution in [3.05, 3.63) is 69.1 Å². The standard InChI is InChI=1S/C23H21ClN4O4S3/c24-19-13-33-20(26-19)12-23(30)8-10-28(11-9-23)22(29)15-4-6-16(7-5-15)27-35(31,32)18-3-1-2-17-21(18)25-14-34-17/h1-7,13-14,27,30H,8-12H2. The van der Waals surface area contributed by atoms with Crippen molar-refractivity contribution in [1.82, 2.24) is 14.9 Å². The zero-order valence-corrected chi connectivity index (χ0v) is 21.6. The van der Waals surface area contributed by atoms with Gasteiger partial charge in [0, 0.05) is 36.1 Å². The predicted octanol–water partition coefficient (Wildman–Crippen LogP) is 4.42. The number of likely N-dealkylation sites (tertiary alicyclic amines) is 1. The number of benzene rings is 2. The molecule has 0 atom stereocenters. The number of nitrogens with zero attached hydrogens (tertiary/aromatic N) is 3. The minimum Gasteiger partial charge on any atom is -0.389 e. The molecule has 2 N–H and O–H groups in total. The zero-order chi connectivity index (χ0) is 24.6. The minimum atomic E-state index is -3.84. The first-order valence-electron chi connectivity index (χ1n) is 10.8. The van der Waals surface area contributed by atoms with Gasteiger partial charge in [0.1, 0.15) is 15.6 Å². The van der Waals surface area contributed by atoms with Gasteiger partial charge in [0.25, 0.3) is 15.9 Å². The maximum absolute atomic E-state index is 13.0. The molecule has 35 heavy (non-hydrogen) atoms. The highest BCUT2D eigenvalue weighted by atomic mass is 35.5. The number of hydrogen-bond donors (Lipinski definition) is 2. The van der Waals surface area contributed by atoms with E-state index in [1.54, 1.807) is 46.1 Å². The van der Waals surface area contributed by atoms with Gasteiger partial charge in [-0.15, -0.1) is 22.7 Å². The number of nitrogens with one attached hydrogen (secondary N) is 1. The fraction of sp³-hybridized carbons (Fsp3) is 0.261. The third-order valence-corrected chi connectivity index (χ3v) is 9.36. The number of rotatable bonds is 6. The number of carbonyl (C=O) groups excluding carboxylic acids is 1. The van der Waals surface area contributed by atoms with Crippen molar-refractivity contribution in [2.45, 2.75) is 29.8 Å². The van der Waals surface area contributed by atoms with Crippen LogP contribution in [0.2, 0.25) is 5.15 Å². The number of anilines is 1. The predicted molar refractivity (Wildman–Crippen MR) is 138 cm³/mol. The lowest BCUT2D eigenvalue weighted by Gasteiger charge is -2.38. The van der Waals surface area contributed by atoms with E-state index in [1.165, 1.54) is 28.7 Å². The maximum Gasteiger partial charge on any atom is 0.264 e. The second kappa shape index (κ2) is 9.47. The number of amides is 1. The van der Waals surface area contributed by atoms with Crippen LogP contribution < -0.4 is 4.72 Å². The molecule has 12 heteroatoms. The fourth-order valence-electron chi connectivity index (χ4n) is 4.10. The van der Waals surface area contributed by atoms with Gasteiger partial charge in [0.2, 0.25) is 0 Å². The number of sulfonamides is 1. The molecule has 0 radical (unpaired) electrons. The van der Waals surface area contributed by atoms with Gasteiger partial charge in [-0.25, -0.2) is 18.4 Å². The molecule has 1 fully saturated rings. The van der Waals surface area contributed by atoms with Crippen molar-refractivity contribution in [2.75, 3.05) is 17.8 Å². The van der Waals surface area contributed by atoms with Gasteiger partial charge < -0.3 is 10.0 Å². The summed E-state index contributed by atoms with van der Waals surface area (Å²) in [5.74, 6) is -0.161. The first-order chi connectivity index (χ1) is 16.7. The summed E-state index contributed by atoms with van der Waals surface area (Å²) in [7, 11) is -3.84. The van der Waals surface area contributed by atoms with Crippen LogP contribution in [0.4, 0.5) is 5.69 Å². The molecule has 1 saturated heterocycles. The molecule has 1 aliphatic rings. The Balaban J connectivity index is 1.23. The third-order valence-electron chi connectivity index (χ3n) is 5.98. The second-order valence-corrected chi connectivity index (χ2v) is 12.3. The van der Waals surface area contributed by atoms with Crippen LogP contribution in [0.15, 0.2) is 58.3 Å². The number of aliphatic hydroxyl groups is 1. The zero-order valence-electron chi connectivity index (χ0n) is 18.3. The minimum absolute atomic E-state index is 0.109. The number of aromatic nitrogens is 2. The summed E-state index contributed by atoms with van der Waals surface area (Å²) in [6, 6.07) is 11.4. The van der Waals surface area contributed by atoms with E-state index in [9.17, 15) is 18.3 Å². The van der Waals surface area contributed by atoms with E-state index in [4.69, 9.17) is 11.6 Å². The average molecular weight is 549 g/mol. The Morgan fingerprint density at radius 2 is 1.89 bits per heavy atom. The lowest BCUT2D eigenvalue weighted by Crippen LogP contribution is -2.47. The van der Waals surface area contributed by atoms with Crippen LogP contribution >= 0.6 is 34.3 Å². The third kappa shape index (κ3) is 5.19. The molecule has 0 unspecified atom stereocenters. The van der Waals surface area contributed by atoms with Gasteiger partial charge >= 0.3 is 0 Å².